The van der Waals surface area contributed by atoms with Crippen molar-refractivity contribution in [2.75, 3.05) is 23.4 Å². The van der Waals surface area contributed by atoms with Crippen molar-refractivity contribution in [3.63, 3.8) is 0 Å². The van der Waals surface area contributed by atoms with Gasteiger partial charge in [0.15, 0.2) is 12.7 Å². The lowest BCUT2D eigenvalue weighted by atomic mass is 10.1. The summed E-state index contributed by atoms with van der Waals surface area (Å²) in [4.78, 5) is 26.3. The van der Waals surface area contributed by atoms with Crippen molar-refractivity contribution < 1.29 is 19.1 Å². The molecule has 0 fully saturated rings. The number of aryl methyl sites for hydroxylation is 1. The molecular weight excluding hydrogens is 356 g/mol. The first-order valence-electron chi connectivity index (χ1n) is 9.65. The predicted octanol–water partition coefficient (Wildman–Crippen LogP) is 3.79. The third-order valence-corrected chi connectivity index (χ3v) is 4.58. The summed E-state index contributed by atoms with van der Waals surface area (Å²) in [5.41, 5.74) is 2.49. The summed E-state index contributed by atoms with van der Waals surface area (Å²) in [6.45, 7) is 6.38. The Hall–Kier alpha value is -3.02. The van der Waals surface area contributed by atoms with Crippen LogP contribution in [0.1, 0.15) is 32.8 Å². The lowest BCUT2D eigenvalue weighted by Crippen LogP contribution is -2.44. The minimum atomic E-state index is -0.542. The molecule has 0 saturated carbocycles. The summed E-state index contributed by atoms with van der Waals surface area (Å²) in [6.07, 6.45) is 1.22. The fourth-order valence-electron chi connectivity index (χ4n) is 3.14. The molecule has 3 rings (SSSR count). The van der Waals surface area contributed by atoms with Gasteiger partial charge in [0.1, 0.15) is 11.5 Å². The second-order valence-corrected chi connectivity index (χ2v) is 6.77. The Morgan fingerprint density at radius 2 is 2.04 bits per heavy atom. The number of benzene rings is 2. The molecule has 0 radical (unpaired) electrons. The largest absolute Gasteiger partial charge is 0.484 e. The number of rotatable bonds is 7. The van der Waals surface area contributed by atoms with Crippen LogP contribution in [0.4, 0.5) is 11.4 Å². The first-order chi connectivity index (χ1) is 13.5. The highest BCUT2D eigenvalue weighted by Crippen LogP contribution is 2.36. The number of carbonyl (C=O) groups is 2. The minimum Gasteiger partial charge on any atom is -0.484 e. The van der Waals surface area contributed by atoms with E-state index in [1.807, 2.05) is 31.2 Å². The molecular formula is C22H26N2O4. The zero-order valence-electron chi connectivity index (χ0n) is 16.5. The van der Waals surface area contributed by atoms with Crippen LogP contribution in [-0.4, -0.2) is 31.1 Å². The standard InChI is InChI=1S/C22H26N2O4/c1-4-11-24-19-10-9-17(13-20(19)28-15(3)22(24)26)23-21(25)14-27-18-8-6-7-16(5-2)12-18/h6-10,12-13,15H,4-5,11,14H2,1-3H3,(H,23,25). The van der Waals surface area contributed by atoms with E-state index in [1.165, 1.54) is 0 Å². The van der Waals surface area contributed by atoms with Gasteiger partial charge in [0.25, 0.3) is 11.8 Å². The molecule has 0 aliphatic carbocycles. The lowest BCUT2D eigenvalue weighted by molar-refractivity contribution is -0.125. The van der Waals surface area contributed by atoms with Crippen molar-refractivity contribution in [1.82, 2.24) is 0 Å². The van der Waals surface area contributed by atoms with E-state index < -0.39 is 6.10 Å². The number of anilines is 2. The molecule has 1 N–H and O–H groups in total. The van der Waals surface area contributed by atoms with Crippen LogP contribution >= 0.6 is 0 Å². The normalized spacial score (nSPS) is 15.6. The highest BCUT2D eigenvalue weighted by molar-refractivity contribution is 6.00. The van der Waals surface area contributed by atoms with E-state index in [2.05, 4.69) is 12.2 Å². The average molecular weight is 382 g/mol. The summed E-state index contributed by atoms with van der Waals surface area (Å²) in [6, 6.07) is 13.0. The molecule has 0 aromatic heterocycles. The Balaban J connectivity index is 1.65. The summed E-state index contributed by atoms with van der Waals surface area (Å²) < 4.78 is 11.3. The van der Waals surface area contributed by atoms with Crippen molar-refractivity contribution in [3.05, 3.63) is 48.0 Å². The Labute approximate surface area is 165 Å². The monoisotopic (exact) mass is 382 g/mol. The molecule has 1 aliphatic rings. The number of nitrogens with zero attached hydrogens (tertiary/aromatic N) is 1. The Bertz CT molecular complexity index is 865. The van der Waals surface area contributed by atoms with Gasteiger partial charge in [-0.3, -0.25) is 9.59 Å². The molecule has 6 nitrogen and oxygen atoms in total. The van der Waals surface area contributed by atoms with E-state index >= 15 is 0 Å². The van der Waals surface area contributed by atoms with Crippen LogP contribution in [0.2, 0.25) is 0 Å². The summed E-state index contributed by atoms with van der Waals surface area (Å²) in [5.74, 6) is 0.960. The number of ether oxygens (including phenoxy) is 2. The summed E-state index contributed by atoms with van der Waals surface area (Å²) in [5, 5.41) is 2.82. The van der Waals surface area contributed by atoms with Crippen molar-refractivity contribution in [2.45, 2.75) is 39.7 Å². The van der Waals surface area contributed by atoms with Crippen LogP contribution < -0.4 is 19.7 Å². The fourth-order valence-corrected chi connectivity index (χ4v) is 3.14. The third-order valence-electron chi connectivity index (χ3n) is 4.58. The van der Waals surface area contributed by atoms with Gasteiger partial charge in [0.05, 0.1) is 5.69 Å². The van der Waals surface area contributed by atoms with Crippen molar-refractivity contribution in [2.24, 2.45) is 0 Å². The number of carbonyl (C=O) groups excluding carboxylic acids is 2. The maximum absolute atomic E-state index is 12.3. The summed E-state index contributed by atoms with van der Waals surface area (Å²) in [7, 11) is 0. The van der Waals surface area contributed by atoms with Gasteiger partial charge in [-0.25, -0.2) is 0 Å². The van der Waals surface area contributed by atoms with Crippen LogP contribution in [0.25, 0.3) is 0 Å². The fraction of sp³-hybridized carbons (Fsp3) is 0.364. The SMILES string of the molecule is CCCN1C(=O)C(C)Oc2cc(NC(=O)COc3cccc(CC)c3)ccc21. The maximum Gasteiger partial charge on any atom is 0.267 e. The van der Waals surface area contributed by atoms with E-state index in [-0.39, 0.29) is 18.4 Å². The second kappa shape index (κ2) is 8.78. The van der Waals surface area contributed by atoms with E-state index in [9.17, 15) is 9.59 Å². The molecule has 0 bridgehead atoms. The molecule has 0 spiro atoms. The Kier molecular flexibility index (Phi) is 6.19. The lowest BCUT2D eigenvalue weighted by Gasteiger charge is -2.33. The zero-order chi connectivity index (χ0) is 20.1. The third kappa shape index (κ3) is 4.44. The molecule has 1 heterocycles. The number of nitrogens with one attached hydrogen (secondary N) is 1. The number of amides is 2. The van der Waals surface area contributed by atoms with Gasteiger partial charge < -0.3 is 19.7 Å². The number of fused-ring (bicyclic) bond motifs is 1. The van der Waals surface area contributed by atoms with E-state index in [0.29, 0.717) is 23.7 Å². The topological polar surface area (TPSA) is 67.9 Å². The first-order valence-corrected chi connectivity index (χ1v) is 9.65. The van der Waals surface area contributed by atoms with Gasteiger partial charge in [-0.05, 0) is 49.6 Å². The quantitative estimate of drug-likeness (QED) is 0.791. The van der Waals surface area contributed by atoms with Crippen LogP contribution in [0, 0.1) is 0 Å². The van der Waals surface area contributed by atoms with Crippen LogP contribution in [-0.2, 0) is 16.0 Å². The van der Waals surface area contributed by atoms with Crippen LogP contribution in [0.5, 0.6) is 11.5 Å². The molecule has 28 heavy (non-hydrogen) atoms. The van der Waals surface area contributed by atoms with Crippen LogP contribution in [0.15, 0.2) is 42.5 Å². The molecule has 1 aliphatic heterocycles. The summed E-state index contributed by atoms with van der Waals surface area (Å²) >= 11 is 0. The van der Waals surface area contributed by atoms with E-state index in [4.69, 9.17) is 9.47 Å². The van der Waals surface area contributed by atoms with E-state index in [0.717, 1.165) is 24.1 Å². The van der Waals surface area contributed by atoms with Gasteiger partial charge in [-0.1, -0.05) is 26.0 Å². The van der Waals surface area contributed by atoms with Gasteiger partial charge >= 0.3 is 0 Å². The van der Waals surface area contributed by atoms with Gasteiger partial charge in [-0.15, -0.1) is 0 Å². The highest BCUT2D eigenvalue weighted by atomic mass is 16.5. The van der Waals surface area contributed by atoms with E-state index in [1.54, 1.807) is 30.0 Å². The Morgan fingerprint density at radius 3 is 2.79 bits per heavy atom. The predicted molar refractivity (Wildman–Crippen MR) is 109 cm³/mol. The van der Waals surface area contributed by atoms with Crippen molar-refractivity contribution >= 4 is 23.2 Å². The van der Waals surface area contributed by atoms with Crippen molar-refractivity contribution in [1.29, 1.82) is 0 Å². The van der Waals surface area contributed by atoms with Gasteiger partial charge in [0.2, 0.25) is 0 Å². The molecule has 148 valence electrons. The van der Waals surface area contributed by atoms with Crippen molar-refractivity contribution in [3.8, 4) is 11.5 Å². The smallest absolute Gasteiger partial charge is 0.267 e. The maximum atomic E-state index is 12.3. The molecule has 6 heteroatoms. The minimum absolute atomic E-state index is 0.0474. The number of hydrogen-bond donors (Lipinski definition) is 1. The van der Waals surface area contributed by atoms with Crippen LogP contribution in [0.3, 0.4) is 0 Å². The molecule has 2 aromatic rings. The zero-order valence-corrected chi connectivity index (χ0v) is 16.5. The van der Waals surface area contributed by atoms with Gasteiger partial charge in [0, 0.05) is 18.3 Å². The molecule has 2 aromatic carbocycles. The Morgan fingerprint density at radius 1 is 1.21 bits per heavy atom. The number of hydrogen-bond acceptors (Lipinski definition) is 4. The second-order valence-electron chi connectivity index (χ2n) is 6.77. The molecule has 1 unspecified atom stereocenters. The molecule has 1 atom stereocenters. The van der Waals surface area contributed by atoms with Gasteiger partial charge in [-0.2, -0.15) is 0 Å². The average Bonchev–Trinajstić information content (AvgIpc) is 2.70. The molecule has 2 amide bonds. The highest BCUT2D eigenvalue weighted by Gasteiger charge is 2.31. The molecule has 0 saturated heterocycles. The first kappa shape index (κ1) is 19.7.